The van der Waals surface area contributed by atoms with E-state index in [-0.39, 0.29) is 12.3 Å². The fraction of sp³-hybridized carbons (Fsp3) is 0.200. The third-order valence-corrected chi connectivity index (χ3v) is 5.99. The van der Waals surface area contributed by atoms with Gasteiger partial charge in [0.15, 0.2) is 0 Å². The van der Waals surface area contributed by atoms with Crippen LogP contribution in [0.3, 0.4) is 0 Å². The Balaban J connectivity index is 1.88. The Bertz CT molecular complexity index is 1100. The molecular weight excluding hydrogens is 362 g/mol. The van der Waals surface area contributed by atoms with Gasteiger partial charge in [0, 0.05) is 7.77 Å². The minimum Gasteiger partial charge on any atom is -0.468 e. The molecule has 0 aromatic heterocycles. The van der Waals surface area contributed by atoms with E-state index in [4.69, 9.17) is 6.11 Å². The number of fused-ring (bicyclic) bond motifs is 3. The maximum Gasteiger partial charge on any atom is 0.323 e. The first-order valence-corrected chi connectivity index (χ1v) is 9.65. The van der Waals surface area contributed by atoms with Crippen molar-refractivity contribution in [1.82, 2.24) is 4.90 Å². The van der Waals surface area contributed by atoms with Gasteiger partial charge in [-0.15, -0.1) is 0 Å². The molecule has 0 radical (unpaired) electrons. The Kier molecular flexibility index (Phi) is 3.84. The number of ether oxygens (including phenoxy) is 1. The van der Waals surface area contributed by atoms with Gasteiger partial charge in [-0.3, -0.25) is 14.5 Å². The number of rotatable bonds is 3. The number of esters is 1. The highest BCUT2D eigenvalue weighted by Gasteiger charge is 2.55. The SMILES string of the molecule is [2H][C@H]1C(=O)CN(C2(c3ccccc3)c3ccccc3-c3ccccc32)[C@@H]1C(=O)OC. The molecule has 1 aliphatic heterocycles. The molecule has 0 unspecified atom stereocenters. The summed E-state index contributed by atoms with van der Waals surface area (Å²) in [6.07, 6.45) is -1.18. The third kappa shape index (κ3) is 2.42. The lowest BCUT2D eigenvalue weighted by Crippen LogP contribution is -2.52. The molecule has 2 atom stereocenters. The molecule has 2 aliphatic rings. The van der Waals surface area contributed by atoms with Gasteiger partial charge < -0.3 is 4.74 Å². The van der Waals surface area contributed by atoms with Crippen LogP contribution in [-0.4, -0.2) is 36.3 Å². The summed E-state index contributed by atoms with van der Waals surface area (Å²) in [7, 11) is 1.31. The maximum absolute atomic E-state index is 12.8. The van der Waals surface area contributed by atoms with Crippen molar-refractivity contribution >= 4 is 11.8 Å². The summed E-state index contributed by atoms with van der Waals surface area (Å²) < 4.78 is 13.5. The van der Waals surface area contributed by atoms with E-state index in [1.807, 2.05) is 59.5 Å². The van der Waals surface area contributed by atoms with Crippen molar-refractivity contribution < 1.29 is 15.7 Å². The average molecular weight is 384 g/mol. The van der Waals surface area contributed by atoms with Crippen LogP contribution in [0.2, 0.25) is 0 Å². The fourth-order valence-electron chi connectivity index (χ4n) is 4.91. The lowest BCUT2D eigenvalue weighted by Gasteiger charge is -2.43. The fourth-order valence-corrected chi connectivity index (χ4v) is 4.91. The molecule has 3 aromatic rings. The average Bonchev–Trinajstić information content (AvgIpc) is 3.26. The molecule has 0 saturated carbocycles. The number of hydrogen-bond acceptors (Lipinski definition) is 4. The zero-order valence-electron chi connectivity index (χ0n) is 17.0. The van der Waals surface area contributed by atoms with E-state index < -0.39 is 23.9 Å². The largest absolute Gasteiger partial charge is 0.468 e. The number of benzene rings is 3. The number of ketones is 1. The summed E-state index contributed by atoms with van der Waals surface area (Å²) in [6, 6.07) is 25.1. The van der Waals surface area contributed by atoms with Crippen molar-refractivity contribution in [3.8, 4) is 11.1 Å². The van der Waals surface area contributed by atoms with Crippen LogP contribution in [0.25, 0.3) is 11.1 Å². The van der Waals surface area contributed by atoms with Gasteiger partial charge in [-0.1, -0.05) is 78.9 Å². The molecule has 4 heteroatoms. The van der Waals surface area contributed by atoms with Crippen LogP contribution >= 0.6 is 0 Å². The highest BCUT2D eigenvalue weighted by Crippen LogP contribution is 2.55. The summed E-state index contributed by atoms with van der Waals surface area (Å²) in [5.74, 6) is -0.833. The number of carbonyl (C=O) groups is 2. The van der Waals surface area contributed by atoms with Gasteiger partial charge in [0.2, 0.25) is 0 Å². The molecule has 0 spiro atoms. The van der Waals surface area contributed by atoms with Crippen LogP contribution in [0.4, 0.5) is 0 Å². The highest BCUT2D eigenvalue weighted by atomic mass is 16.5. The molecule has 1 fully saturated rings. The van der Waals surface area contributed by atoms with Crippen LogP contribution in [0.1, 0.15) is 24.5 Å². The summed E-state index contributed by atoms with van der Waals surface area (Å²) in [5, 5.41) is 0. The molecule has 29 heavy (non-hydrogen) atoms. The van der Waals surface area contributed by atoms with Crippen molar-refractivity contribution in [3.05, 3.63) is 95.6 Å². The summed E-state index contributed by atoms with van der Waals surface area (Å²) in [6.45, 7) is 0.00545. The predicted octanol–water partition coefficient (Wildman–Crippen LogP) is 3.78. The number of Topliss-reactive ketones (excluding diaryl/α,β-unsaturated/α-hetero) is 1. The Hall–Kier alpha value is -3.24. The molecule has 1 aliphatic carbocycles. The zero-order chi connectivity index (χ0) is 20.9. The first-order chi connectivity index (χ1) is 14.6. The minimum atomic E-state index is -1.18. The lowest BCUT2D eigenvalue weighted by molar-refractivity contribution is -0.147. The molecule has 0 bridgehead atoms. The number of methoxy groups -OCH3 is 1. The van der Waals surface area contributed by atoms with E-state index in [0.717, 1.165) is 27.8 Å². The van der Waals surface area contributed by atoms with Crippen LogP contribution < -0.4 is 0 Å². The predicted molar refractivity (Wildman–Crippen MR) is 110 cm³/mol. The Labute approximate surface area is 171 Å². The second-order valence-corrected chi connectivity index (χ2v) is 7.40. The van der Waals surface area contributed by atoms with Crippen molar-refractivity contribution in [2.45, 2.75) is 18.0 Å². The Morgan fingerprint density at radius 2 is 1.52 bits per heavy atom. The van der Waals surface area contributed by atoms with E-state index >= 15 is 0 Å². The van der Waals surface area contributed by atoms with Crippen LogP contribution in [-0.2, 0) is 19.9 Å². The van der Waals surface area contributed by atoms with Gasteiger partial charge in [-0.2, -0.15) is 0 Å². The second-order valence-electron chi connectivity index (χ2n) is 7.40. The quantitative estimate of drug-likeness (QED) is 0.645. The smallest absolute Gasteiger partial charge is 0.323 e. The van der Waals surface area contributed by atoms with Crippen molar-refractivity contribution in [1.29, 1.82) is 0 Å². The first-order valence-electron chi connectivity index (χ1n) is 10.2. The molecule has 144 valence electrons. The molecule has 3 aromatic carbocycles. The lowest BCUT2D eigenvalue weighted by atomic mass is 9.78. The number of carbonyl (C=O) groups excluding carboxylic acids is 2. The van der Waals surface area contributed by atoms with E-state index in [0.29, 0.717) is 0 Å². The zero-order valence-corrected chi connectivity index (χ0v) is 16.0. The second kappa shape index (κ2) is 6.68. The molecular formula is C25H21NO3. The maximum atomic E-state index is 12.8. The van der Waals surface area contributed by atoms with E-state index in [9.17, 15) is 9.59 Å². The van der Waals surface area contributed by atoms with Gasteiger partial charge in [0.25, 0.3) is 0 Å². The van der Waals surface area contributed by atoms with Crippen LogP contribution in [0, 0.1) is 0 Å². The normalized spacial score (nSPS) is 22.7. The van der Waals surface area contributed by atoms with Gasteiger partial charge in [-0.05, 0) is 27.8 Å². The standard InChI is InChI=1S/C25H21NO3/c1-29-24(28)23-15-18(27)16-26(23)25(17-9-3-2-4-10-17)21-13-7-5-11-19(21)20-12-6-8-14-22(20)25/h2-14,23H,15-16H2,1H3/t23-/m0/s1/i15D/t15-,23-. The molecule has 5 rings (SSSR count). The number of nitrogens with zero attached hydrogens (tertiary/aromatic N) is 1. The molecule has 0 N–H and O–H groups in total. The topological polar surface area (TPSA) is 46.6 Å². The molecule has 0 amide bonds. The van der Waals surface area contributed by atoms with E-state index in [2.05, 4.69) is 24.3 Å². The van der Waals surface area contributed by atoms with Crippen molar-refractivity contribution in [2.24, 2.45) is 0 Å². The van der Waals surface area contributed by atoms with Gasteiger partial charge in [0.05, 0.1) is 19.2 Å². The summed E-state index contributed by atoms with van der Waals surface area (Å²) in [4.78, 5) is 27.4. The van der Waals surface area contributed by atoms with Crippen LogP contribution in [0.5, 0.6) is 0 Å². The van der Waals surface area contributed by atoms with Crippen molar-refractivity contribution in [2.75, 3.05) is 13.7 Å². The number of likely N-dealkylation sites (tertiary alicyclic amines) is 1. The summed E-state index contributed by atoms with van der Waals surface area (Å²) >= 11 is 0. The van der Waals surface area contributed by atoms with Gasteiger partial charge in [-0.25, -0.2) is 0 Å². The minimum absolute atomic E-state index is 0.00545. The highest BCUT2D eigenvalue weighted by molar-refractivity contribution is 5.93. The molecule has 1 heterocycles. The van der Waals surface area contributed by atoms with Crippen molar-refractivity contribution in [3.63, 3.8) is 0 Å². The van der Waals surface area contributed by atoms with Crippen LogP contribution in [0.15, 0.2) is 78.9 Å². The van der Waals surface area contributed by atoms with E-state index in [1.165, 1.54) is 7.11 Å². The Morgan fingerprint density at radius 3 is 2.10 bits per heavy atom. The first kappa shape index (κ1) is 16.7. The third-order valence-electron chi connectivity index (χ3n) is 5.99. The van der Waals surface area contributed by atoms with Gasteiger partial charge >= 0.3 is 5.97 Å². The molecule has 1 saturated heterocycles. The monoisotopic (exact) mass is 384 g/mol. The van der Waals surface area contributed by atoms with Gasteiger partial charge in [0.1, 0.15) is 11.8 Å². The molecule has 4 nitrogen and oxygen atoms in total. The summed E-state index contributed by atoms with van der Waals surface area (Å²) in [5.41, 5.74) is 4.25. The number of hydrogen-bond donors (Lipinski definition) is 0. The van der Waals surface area contributed by atoms with E-state index in [1.54, 1.807) is 0 Å². The Morgan fingerprint density at radius 1 is 0.966 bits per heavy atom.